The van der Waals surface area contributed by atoms with E-state index in [2.05, 4.69) is 30.9 Å². The Labute approximate surface area is 197 Å². The normalized spacial score (nSPS) is 10.8. The summed E-state index contributed by atoms with van der Waals surface area (Å²) in [7, 11) is 1.93. The summed E-state index contributed by atoms with van der Waals surface area (Å²) in [5.41, 5.74) is 8.50. The highest BCUT2D eigenvalue weighted by atomic mass is 35.5. The van der Waals surface area contributed by atoms with Gasteiger partial charge in [0.2, 0.25) is 17.7 Å². The van der Waals surface area contributed by atoms with Crippen LogP contribution in [0.4, 0.5) is 5.95 Å². The maximum atomic E-state index is 12.2. The van der Waals surface area contributed by atoms with Crippen LogP contribution in [0.15, 0.2) is 36.5 Å². The molecule has 11 heteroatoms. The highest BCUT2D eigenvalue weighted by molar-refractivity contribution is 6.29. The van der Waals surface area contributed by atoms with Gasteiger partial charge in [-0.3, -0.25) is 9.48 Å². The number of rotatable bonds is 13. The van der Waals surface area contributed by atoms with E-state index < -0.39 is 0 Å². The van der Waals surface area contributed by atoms with E-state index in [1.54, 1.807) is 4.68 Å². The number of nitrogens with one attached hydrogen (secondary N) is 2. The van der Waals surface area contributed by atoms with Gasteiger partial charge in [-0.1, -0.05) is 41.1 Å². The zero-order chi connectivity index (χ0) is 23.5. The second-order valence-electron chi connectivity index (χ2n) is 7.55. The fourth-order valence-corrected chi connectivity index (χ4v) is 3.28. The third-order valence-electron chi connectivity index (χ3n) is 4.82. The highest BCUT2D eigenvalue weighted by Gasteiger charge is 2.06. The molecule has 0 saturated heterocycles. The Morgan fingerprint density at radius 3 is 2.73 bits per heavy atom. The first kappa shape index (κ1) is 24.4. The fourth-order valence-electron chi connectivity index (χ4n) is 3.10. The van der Waals surface area contributed by atoms with Crippen LogP contribution in [0.25, 0.3) is 0 Å². The molecule has 4 N–H and O–H groups in total. The number of hydrogen-bond acceptors (Lipinski definition) is 8. The number of aromatic nitrogens is 5. The third-order valence-corrected chi connectivity index (χ3v) is 5.02. The fraction of sp³-hybridized carbons (Fsp3) is 0.409. The molecule has 3 rings (SSSR count). The average molecular weight is 473 g/mol. The van der Waals surface area contributed by atoms with E-state index in [1.807, 2.05) is 37.5 Å². The van der Waals surface area contributed by atoms with Crippen molar-refractivity contribution in [1.82, 2.24) is 35.6 Å². The second kappa shape index (κ2) is 12.7. The van der Waals surface area contributed by atoms with Gasteiger partial charge in [-0.25, -0.2) is 4.98 Å². The number of hydrogen-bond donors (Lipinski definition) is 3. The van der Waals surface area contributed by atoms with Gasteiger partial charge in [0.05, 0.1) is 5.69 Å². The lowest BCUT2D eigenvalue weighted by molar-refractivity contribution is -0.121. The number of halogens is 1. The molecule has 0 aliphatic rings. The van der Waals surface area contributed by atoms with E-state index in [0.29, 0.717) is 38.4 Å². The summed E-state index contributed by atoms with van der Waals surface area (Å²) in [5, 5.41) is 14.6. The average Bonchev–Trinajstić information content (AvgIpc) is 3.24. The molecule has 33 heavy (non-hydrogen) atoms. The van der Waals surface area contributed by atoms with Crippen LogP contribution in [0.1, 0.15) is 36.1 Å². The summed E-state index contributed by atoms with van der Waals surface area (Å²) in [5.74, 6) is 0.393. The lowest BCUT2D eigenvalue weighted by Crippen LogP contribution is -2.22. The Bertz CT molecular complexity index is 1010. The van der Waals surface area contributed by atoms with E-state index in [-0.39, 0.29) is 17.0 Å². The summed E-state index contributed by atoms with van der Waals surface area (Å²) in [6.45, 7) is 2.41. The van der Waals surface area contributed by atoms with Gasteiger partial charge < -0.3 is 21.1 Å². The number of benzene rings is 1. The van der Waals surface area contributed by atoms with Crippen molar-refractivity contribution in [3.8, 4) is 5.88 Å². The first-order valence-electron chi connectivity index (χ1n) is 10.8. The zero-order valence-electron chi connectivity index (χ0n) is 18.6. The monoisotopic (exact) mass is 472 g/mol. The molecule has 2 heterocycles. The standard InChI is InChI=1S/C22H29ClN8O2/c1-25-10-2-4-18-14-31(30-29-18)11-3-5-20(32)26-13-16-6-8-17(9-7-16)15-33-21-12-19(23)27-22(24)28-21/h6-9,12,14,25H,2-5,10-11,13,15H2,1H3,(H,26,32)(H2,24,27,28). The molecule has 0 radical (unpaired) electrons. The maximum Gasteiger partial charge on any atom is 0.224 e. The van der Waals surface area contributed by atoms with Gasteiger partial charge in [0.15, 0.2) is 0 Å². The predicted molar refractivity (Wildman–Crippen MR) is 126 cm³/mol. The Kier molecular flexibility index (Phi) is 9.40. The molecule has 0 unspecified atom stereocenters. The summed E-state index contributed by atoms with van der Waals surface area (Å²) in [4.78, 5) is 19.9. The predicted octanol–water partition coefficient (Wildman–Crippen LogP) is 2.13. The summed E-state index contributed by atoms with van der Waals surface area (Å²) in [6.07, 6.45) is 5.02. The van der Waals surface area contributed by atoms with Crippen LogP contribution < -0.4 is 21.1 Å². The van der Waals surface area contributed by atoms with E-state index in [0.717, 1.165) is 36.2 Å². The Hall–Kier alpha value is -3.24. The van der Waals surface area contributed by atoms with Crippen molar-refractivity contribution < 1.29 is 9.53 Å². The molecule has 0 atom stereocenters. The van der Waals surface area contributed by atoms with E-state index >= 15 is 0 Å². The smallest absolute Gasteiger partial charge is 0.224 e. The largest absolute Gasteiger partial charge is 0.473 e. The van der Waals surface area contributed by atoms with Gasteiger partial charge >= 0.3 is 0 Å². The second-order valence-corrected chi connectivity index (χ2v) is 7.94. The van der Waals surface area contributed by atoms with Crippen LogP contribution in [0.2, 0.25) is 5.15 Å². The van der Waals surface area contributed by atoms with Crippen LogP contribution in [0, 0.1) is 0 Å². The molecule has 3 aromatic rings. The van der Waals surface area contributed by atoms with Crippen molar-refractivity contribution in [2.75, 3.05) is 19.3 Å². The molecular weight excluding hydrogens is 444 g/mol. The molecule has 1 amide bonds. The third kappa shape index (κ3) is 8.66. The summed E-state index contributed by atoms with van der Waals surface area (Å²) >= 11 is 5.84. The molecular formula is C22H29ClN8O2. The van der Waals surface area contributed by atoms with Gasteiger partial charge in [-0.05, 0) is 44.0 Å². The van der Waals surface area contributed by atoms with Crippen LogP contribution in [-0.4, -0.2) is 44.5 Å². The minimum absolute atomic E-state index is 0.00926. The number of ether oxygens (including phenoxy) is 1. The van der Waals surface area contributed by atoms with Crippen LogP contribution >= 0.6 is 11.6 Å². The number of anilines is 1. The van der Waals surface area contributed by atoms with Gasteiger partial charge in [0.25, 0.3) is 0 Å². The first-order chi connectivity index (χ1) is 16.0. The molecule has 0 fully saturated rings. The first-order valence-corrected chi connectivity index (χ1v) is 11.2. The van der Waals surface area contributed by atoms with Gasteiger partial charge in [-0.15, -0.1) is 5.10 Å². The number of nitrogens with zero attached hydrogens (tertiary/aromatic N) is 5. The van der Waals surface area contributed by atoms with Crippen LogP contribution in [0.3, 0.4) is 0 Å². The molecule has 10 nitrogen and oxygen atoms in total. The molecule has 2 aromatic heterocycles. The molecule has 0 aliphatic carbocycles. The molecule has 176 valence electrons. The Morgan fingerprint density at radius 2 is 1.97 bits per heavy atom. The quantitative estimate of drug-likeness (QED) is 0.254. The molecule has 0 saturated carbocycles. The Morgan fingerprint density at radius 1 is 1.18 bits per heavy atom. The lowest BCUT2D eigenvalue weighted by Gasteiger charge is -2.08. The van der Waals surface area contributed by atoms with Crippen molar-refractivity contribution in [3.63, 3.8) is 0 Å². The molecule has 0 aliphatic heterocycles. The number of carbonyl (C=O) groups excluding carboxylic acids is 1. The number of nitrogen functional groups attached to an aromatic ring is 1. The van der Waals surface area contributed by atoms with Crippen LogP contribution in [0.5, 0.6) is 5.88 Å². The van der Waals surface area contributed by atoms with Crippen molar-refractivity contribution >= 4 is 23.5 Å². The zero-order valence-corrected chi connectivity index (χ0v) is 19.4. The molecule has 0 spiro atoms. The summed E-state index contributed by atoms with van der Waals surface area (Å²) in [6, 6.07) is 9.28. The van der Waals surface area contributed by atoms with E-state index in [1.165, 1.54) is 6.07 Å². The van der Waals surface area contributed by atoms with Gasteiger partial charge in [0.1, 0.15) is 11.8 Å². The van der Waals surface area contributed by atoms with Crippen molar-refractivity contribution in [2.24, 2.45) is 0 Å². The summed E-state index contributed by atoms with van der Waals surface area (Å²) < 4.78 is 7.40. The topological polar surface area (TPSA) is 133 Å². The number of nitrogens with two attached hydrogens (primary N) is 1. The van der Waals surface area contributed by atoms with E-state index in [4.69, 9.17) is 22.1 Å². The van der Waals surface area contributed by atoms with Crippen molar-refractivity contribution in [3.05, 3.63) is 58.5 Å². The van der Waals surface area contributed by atoms with Gasteiger partial charge in [-0.2, -0.15) is 4.98 Å². The number of aryl methyl sites for hydroxylation is 2. The number of carbonyl (C=O) groups is 1. The van der Waals surface area contributed by atoms with Crippen molar-refractivity contribution in [2.45, 2.75) is 45.4 Å². The van der Waals surface area contributed by atoms with Crippen molar-refractivity contribution in [1.29, 1.82) is 0 Å². The minimum atomic E-state index is 0.00926. The van der Waals surface area contributed by atoms with E-state index in [9.17, 15) is 4.79 Å². The van der Waals surface area contributed by atoms with Crippen LogP contribution in [-0.2, 0) is 30.9 Å². The number of amides is 1. The molecule has 1 aromatic carbocycles. The Balaban J connectivity index is 1.33. The lowest BCUT2D eigenvalue weighted by atomic mass is 10.1. The van der Waals surface area contributed by atoms with Gasteiger partial charge in [0, 0.05) is 31.8 Å². The minimum Gasteiger partial charge on any atom is -0.473 e. The highest BCUT2D eigenvalue weighted by Crippen LogP contribution is 2.16. The molecule has 0 bridgehead atoms. The SMILES string of the molecule is CNCCCc1cn(CCCC(=O)NCc2ccc(COc3cc(Cl)nc(N)n3)cc2)nn1. The maximum absolute atomic E-state index is 12.2.